The van der Waals surface area contributed by atoms with Crippen LogP contribution < -0.4 is 16.2 Å². The van der Waals surface area contributed by atoms with E-state index < -0.39 is 37.6 Å². The number of primary sulfonamides is 1. The molecule has 0 fully saturated rings. The van der Waals surface area contributed by atoms with Crippen LogP contribution in [0.3, 0.4) is 0 Å². The third-order valence-electron chi connectivity index (χ3n) is 3.89. The standard InChI is InChI=1S/C17H11Cl2F3N4O3S2/c18-10-5-7(17(20,21)22)6-11(19)12(10)13(27)14-15(23)26-16(30-14)25-8-1-3-9(4-2-8)31(24,28)29/h1-6H,23H2,(H,25,26)(H2,24,28,29). The average Bonchev–Trinajstić information content (AvgIpc) is 3.00. The highest BCUT2D eigenvalue weighted by Gasteiger charge is 2.33. The molecule has 0 aliphatic carbocycles. The second-order valence-electron chi connectivity index (χ2n) is 6.07. The van der Waals surface area contributed by atoms with Gasteiger partial charge in [0.1, 0.15) is 10.7 Å². The number of halogens is 5. The molecule has 0 saturated heterocycles. The molecule has 164 valence electrons. The van der Waals surface area contributed by atoms with Crippen molar-refractivity contribution in [2.24, 2.45) is 5.14 Å². The first kappa shape index (κ1) is 23.3. The van der Waals surface area contributed by atoms with Crippen LogP contribution in [-0.4, -0.2) is 19.2 Å². The Morgan fingerprint density at radius 1 is 1.10 bits per heavy atom. The number of aromatic nitrogens is 1. The quantitative estimate of drug-likeness (QED) is 0.427. The molecule has 0 aliphatic rings. The number of benzene rings is 2. The Balaban J connectivity index is 1.90. The summed E-state index contributed by atoms with van der Waals surface area (Å²) in [4.78, 5) is 16.6. The fraction of sp³-hybridized carbons (Fsp3) is 0.0588. The number of nitrogens with zero attached hydrogens (tertiary/aromatic N) is 1. The monoisotopic (exact) mass is 510 g/mol. The number of rotatable bonds is 5. The van der Waals surface area contributed by atoms with Crippen molar-refractivity contribution in [2.45, 2.75) is 11.1 Å². The second-order valence-corrected chi connectivity index (χ2v) is 9.44. The largest absolute Gasteiger partial charge is 0.416 e. The molecular formula is C17H11Cl2F3N4O3S2. The van der Waals surface area contributed by atoms with E-state index in [1.807, 2.05) is 0 Å². The maximum atomic E-state index is 12.9. The predicted octanol–water partition coefficient (Wildman–Crippen LogP) is 4.67. The molecule has 0 atom stereocenters. The molecule has 3 rings (SSSR count). The lowest BCUT2D eigenvalue weighted by atomic mass is 10.1. The molecule has 0 aliphatic heterocycles. The third-order valence-corrected chi connectivity index (χ3v) is 6.40. The number of nitrogen functional groups attached to an aromatic ring is 1. The fourth-order valence-corrected chi connectivity index (χ4v) is 4.49. The maximum Gasteiger partial charge on any atom is 0.416 e. The van der Waals surface area contributed by atoms with Crippen LogP contribution in [0.2, 0.25) is 10.0 Å². The lowest BCUT2D eigenvalue weighted by Gasteiger charge is -2.11. The first-order valence-corrected chi connectivity index (χ1v) is 11.2. The van der Waals surface area contributed by atoms with Crippen LogP contribution in [0, 0.1) is 0 Å². The number of alkyl halides is 3. The number of nitrogens with two attached hydrogens (primary N) is 2. The zero-order chi connectivity index (χ0) is 23.1. The molecule has 0 saturated carbocycles. The smallest absolute Gasteiger partial charge is 0.382 e. The van der Waals surface area contributed by atoms with Crippen molar-refractivity contribution in [3.05, 3.63) is 62.4 Å². The molecule has 14 heteroatoms. The van der Waals surface area contributed by atoms with E-state index in [1.54, 1.807) is 0 Å². The van der Waals surface area contributed by atoms with E-state index in [-0.39, 0.29) is 26.3 Å². The Hall–Kier alpha value is -2.38. The SMILES string of the molecule is Nc1nc(Nc2ccc(S(N)(=O)=O)cc2)sc1C(=O)c1c(Cl)cc(C(F)(F)F)cc1Cl. The average molecular weight is 511 g/mol. The van der Waals surface area contributed by atoms with E-state index in [0.717, 1.165) is 11.3 Å². The van der Waals surface area contributed by atoms with Crippen molar-refractivity contribution in [2.75, 3.05) is 11.1 Å². The van der Waals surface area contributed by atoms with Crippen molar-refractivity contribution in [1.29, 1.82) is 0 Å². The summed E-state index contributed by atoms with van der Waals surface area (Å²) in [5.74, 6) is -0.984. The van der Waals surface area contributed by atoms with Gasteiger partial charge in [0.25, 0.3) is 0 Å². The summed E-state index contributed by atoms with van der Waals surface area (Å²) >= 11 is 12.6. The minimum Gasteiger partial charge on any atom is -0.382 e. The van der Waals surface area contributed by atoms with Gasteiger partial charge in [0, 0.05) is 5.69 Å². The summed E-state index contributed by atoms with van der Waals surface area (Å²) in [7, 11) is -3.86. The number of ketones is 1. The second kappa shape index (κ2) is 8.28. The molecule has 0 spiro atoms. The number of carbonyl (C=O) groups is 1. The molecule has 0 bridgehead atoms. The lowest BCUT2D eigenvalue weighted by molar-refractivity contribution is -0.137. The van der Waals surface area contributed by atoms with Crippen molar-refractivity contribution >= 4 is 67.0 Å². The van der Waals surface area contributed by atoms with E-state index in [1.165, 1.54) is 24.3 Å². The van der Waals surface area contributed by atoms with Crippen molar-refractivity contribution in [3.8, 4) is 0 Å². The van der Waals surface area contributed by atoms with Gasteiger partial charge in [-0.3, -0.25) is 4.79 Å². The molecule has 3 aromatic rings. The van der Waals surface area contributed by atoms with Crippen LogP contribution in [0.5, 0.6) is 0 Å². The molecule has 1 heterocycles. The Kier molecular flexibility index (Phi) is 6.22. The van der Waals surface area contributed by atoms with E-state index in [2.05, 4.69) is 10.3 Å². The number of sulfonamides is 1. The normalized spacial score (nSPS) is 12.1. The number of hydrogen-bond donors (Lipinski definition) is 3. The summed E-state index contributed by atoms with van der Waals surface area (Å²) in [6.45, 7) is 0. The van der Waals surface area contributed by atoms with Gasteiger partial charge in [-0.1, -0.05) is 34.5 Å². The van der Waals surface area contributed by atoms with Crippen LogP contribution in [0.4, 0.5) is 29.8 Å². The Morgan fingerprint density at radius 3 is 2.13 bits per heavy atom. The van der Waals surface area contributed by atoms with Crippen molar-refractivity contribution in [3.63, 3.8) is 0 Å². The van der Waals surface area contributed by atoms with Gasteiger partial charge in [-0.25, -0.2) is 18.5 Å². The first-order valence-electron chi connectivity index (χ1n) is 8.04. The van der Waals surface area contributed by atoms with E-state index in [0.29, 0.717) is 17.8 Å². The van der Waals surface area contributed by atoms with Gasteiger partial charge in [0.2, 0.25) is 15.8 Å². The summed E-state index contributed by atoms with van der Waals surface area (Å²) in [5, 5.41) is 7.07. The van der Waals surface area contributed by atoms with Crippen LogP contribution >= 0.6 is 34.5 Å². The molecule has 7 nitrogen and oxygen atoms in total. The van der Waals surface area contributed by atoms with Gasteiger partial charge in [-0.15, -0.1) is 0 Å². The summed E-state index contributed by atoms with van der Waals surface area (Å²) in [5.41, 5.74) is 4.78. The van der Waals surface area contributed by atoms with Gasteiger partial charge in [0.05, 0.1) is 26.1 Å². The number of anilines is 3. The molecular weight excluding hydrogens is 500 g/mol. The minimum absolute atomic E-state index is 0.0905. The first-order chi connectivity index (χ1) is 14.3. The molecule has 0 radical (unpaired) electrons. The van der Waals surface area contributed by atoms with Gasteiger partial charge < -0.3 is 11.1 Å². The fourth-order valence-electron chi connectivity index (χ4n) is 2.47. The van der Waals surface area contributed by atoms with Crippen LogP contribution in [-0.2, 0) is 16.2 Å². The molecule has 2 aromatic carbocycles. The van der Waals surface area contributed by atoms with Crippen LogP contribution in [0.1, 0.15) is 20.8 Å². The highest BCUT2D eigenvalue weighted by Crippen LogP contribution is 2.38. The van der Waals surface area contributed by atoms with Crippen molar-refractivity contribution < 1.29 is 26.4 Å². The number of thiazole rings is 1. The maximum absolute atomic E-state index is 12.9. The van der Waals surface area contributed by atoms with Crippen LogP contribution in [0.15, 0.2) is 41.3 Å². The zero-order valence-electron chi connectivity index (χ0n) is 15.0. The molecule has 5 N–H and O–H groups in total. The zero-order valence-corrected chi connectivity index (χ0v) is 18.1. The lowest BCUT2D eigenvalue weighted by Crippen LogP contribution is -2.11. The Morgan fingerprint density at radius 2 is 1.65 bits per heavy atom. The summed E-state index contributed by atoms with van der Waals surface area (Å²) in [6.07, 6.45) is -4.69. The summed E-state index contributed by atoms with van der Waals surface area (Å²) < 4.78 is 61.3. The molecule has 1 aromatic heterocycles. The van der Waals surface area contributed by atoms with E-state index >= 15 is 0 Å². The Labute approximate surface area is 187 Å². The number of nitrogens with one attached hydrogen (secondary N) is 1. The number of carbonyl (C=O) groups excluding carboxylic acids is 1. The minimum atomic E-state index is -4.69. The van der Waals surface area contributed by atoms with Gasteiger partial charge in [-0.05, 0) is 36.4 Å². The molecule has 0 unspecified atom stereocenters. The van der Waals surface area contributed by atoms with Gasteiger partial charge >= 0.3 is 6.18 Å². The Bertz CT molecular complexity index is 1250. The van der Waals surface area contributed by atoms with Crippen molar-refractivity contribution in [1.82, 2.24) is 4.98 Å². The third kappa shape index (κ3) is 5.10. The number of hydrogen-bond acceptors (Lipinski definition) is 7. The predicted molar refractivity (Wildman–Crippen MR) is 113 cm³/mol. The van der Waals surface area contributed by atoms with E-state index in [9.17, 15) is 26.4 Å². The van der Waals surface area contributed by atoms with E-state index in [4.69, 9.17) is 34.1 Å². The molecule has 31 heavy (non-hydrogen) atoms. The molecule has 0 amide bonds. The van der Waals surface area contributed by atoms with Crippen LogP contribution in [0.25, 0.3) is 0 Å². The van der Waals surface area contributed by atoms with Gasteiger partial charge in [-0.2, -0.15) is 13.2 Å². The summed E-state index contributed by atoms with van der Waals surface area (Å²) in [6, 6.07) is 6.57. The highest BCUT2D eigenvalue weighted by atomic mass is 35.5. The topological polar surface area (TPSA) is 128 Å². The highest BCUT2D eigenvalue weighted by molar-refractivity contribution is 7.89. The van der Waals surface area contributed by atoms with Gasteiger partial charge in [0.15, 0.2) is 5.13 Å².